The zero-order chi connectivity index (χ0) is 15.0. The highest BCUT2D eigenvalue weighted by Crippen LogP contribution is 2.28. The monoisotopic (exact) mass is 281 g/mol. The van der Waals surface area contributed by atoms with Crippen LogP contribution in [-0.4, -0.2) is 17.2 Å². The Morgan fingerprint density at radius 1 is 1.05 bits per heavy atom. The molecule has 1 aromatic heterocycles. The standard InChI is InChI=1S/C17H15NO3/c1-10-7-14-13(16(8-10)21-2)9-15(18-17(14)20)11-3-5-12(19)6-4-11/h3-9,19H,1-2H3,(H,18,20). The van der Waals surface area contributed by atoms with E-state index in [9.17, 15) is 9.90 Å². The van der Waals surface area contributed by atoms with Gasteiger partial charge in [-0.05, 0) is 60.5 Å². The molecule has 4 heteroatoms. The molecule has 4 nitrogen and oxygen atoms in total. The fourth-order valence-electron chi connectivity index (χ4n) is 2.44. The molecule has 0 unspecified atom stereocenters. The van der Waals surface area contributed by atoms with Crippen LogP contribution in [0.1, 0.15) is 5.56 Å². The minimum Gasteiger partial charge on any atom is -0.508 e. The van der Waals surface area contributed by atoms with Crippen molar-refractivity contribution in [2.45, 2.75) is 6.92 Å². The maximum Gasteiger partial charge on any atom is 0.256 e. The number of methoxy groups -OCH3 is 1. The molecule has 1 heterocycles. The molecule has 0 aliphatic carbocycles. The van der Waals surface area contributed by atoms with E-state index >= 15 is 0 Å². The van der Waals surface area contributed by atoms with Crippen LogP contribution in [0.25, 0.3) is 22.0 Å². The van der Waals surface area contributed by atoms with Crippen LogP contribution in [0.4, 0.5) is 0 Å². The lowest BCUT2D eigenvalue weighted by atomic mass is 10.0. The van der Waals surface area contributed by atoms with Crippen LogP contribution in [0.15, 0.2) is 47.3 Å². The fourth-order valence-corrected chi connectivity index (χ4v) is 2.44. The zero-order valence-electron chi connectivity index (χ0n) is 11.8. The number of phenolic OH excluding ortho intramolecular Hbond substituents is 1. The number of aryl methyl sites for hydroxylation is 1. The topological polar surface area (TPSA) is 62.3 Å². The van der Waals surface area contributed by atoms with Gasteiger partial charge in [-0.3, -0.25) is 4.79 Å². The normalized spacial score (nSPS) is 10.8. The number of ether oxygens (including phenoxy) is 1. The molecule has 21 heavy (non-hydrogen) atoms. The zero-order valence-corrected chi connectivity index (χ0v) is 11.8. The first-order valence-electron chi connectivity index (χ1n) is 6.59. The van der Waals surface area contributed by atoms with Crippen LogP contribution in [0.5, 0.6) is 11.5 Å². The number of benzene rings is 2. The first kappa shape index (κ1) is 13.2. The van der Waals surface area contributed by atoms with Gasteiger partial charge in [-0.2, -0.15) is 0 Å². The second-order valence-corrected chi connectivity index (χ2v) is 4.99. The van der Waals surface area contributed by atoms with Gasteiger partial charge in [0.15, 0.2) is 0 Å². The van der Waals surface area contributed by atoms with Gasteiger partial charge in [-0.25, -0.2) is 0 Å². The summed E-state index contributed by atoms with van der Waals surface area (Å²) in [4.78, 5) is 15.2. The van der Waals surface area contributed by atoms with Gasteiger partial charge < -0.3 is 14.8 Å². The van der Waals surface area contributed by atoms with Crippen LogP contribution >= 0.6 is 0 Å². The van der Waals surface area contributed by atoms with Crippen molar-refractivity contribution >= 4 is 10.8 Å². The predicted octanol–water partition coefficient (Wildman–Crippen LogP) is 3.22. The maximum absolute atomic E-state index is 12.3. The number of pyridine rings is 1. The van der Waals surface area contributed by atoms with Crippen molar-refractivity contribution in [1.29, 1.82) is 0 Å². The Morgan fingerprint density at radius 2 is 1.76 bits per heavy atom. The second kappa shape index (κ2) is 4.98. The third-order valence-corrected chi connectivity index (χ3v) is 3.47. The first-order valence-corrected chi connectivity index (χ1v) is 6.59. The molecule has 0 fully saturated rings. The van der Waals surface area contributed by atoms with Crippen molar-refractivity contribution < 1.29 is 9.84 Å². The van der Waals surface area contributed by atoms with Crippen LogP contribution in [0.3, 0.4) is 0 Å². The molecule has 0 spiro atoms. The Morgan fingerprint density at radius 3 is 2.43 bits per heavy atom. The van der Waals surface area contributed by atoms with Gasteiger partial charge in [-0.15, -0.1) is 0 Å². The van der Waals surface area contributed by atoms with Crippen LogP contribution in [0.2, 0.25) is 0 Å². The fraction of sp³-hybridized carbons (Fsp3) is 0.118. The number of rotatable bonds is 2. The second-order valence-electron chi connectivity index (χ2n) is 4.99. The van der Waals surface area contributed by atoms with E-state index in [2.05, 4.69) is 4.98 Å². The van der Waals surface area contributed by atoms with Gasteiger partial charge in [0.1, 0.15) is 11.5 Å². The van der Waals surface area contributed by atoms with Gasteiger partial charge in [-0.1, -0.05) is 0 Å². The molecule has 0 radical (unpaired) electrons. The molecule has 2 aromatic carbocycles. The van der Waals surface area contributed by atoms with Crippen molar-refractivity contribution in [3.63, 3.8) is 0 Å². The molecule has 0 atom stereocenters. The summed E-state index contributed by atoms with van der Waals surface area (Å²) in [6, 6.07) is 12.3. The molecule has 0 saturated carbocycles. The van der Waals surface area contributed by atoms with Gasteiger partial charge >= 0.3 is 0 Å². The molecule has 3 aromatic rings. The molecule has 0 aliphatic rings. The summed E-state index contributed by atoms with van der Waals surface area (Å²) < 4.78 is 5.38. The van der Waals surface area contributed by atoms with E-state index < -0.39 is 0 Å². The maximum atomic E-state index is 12.3. The van der Waals surface area contributed by atoms with Crippen molar-refractivity contribution in [3.8, 4) is 22.8 Å². The molecule has 0 saturated heterocycles. The highest BCUT2D eigenvalue weighted by molar-refractivity contribution is 5.91. The number of nitrogens with one attached hydrogen (secondary N) is 1. The number of hydrogen-bond donors (Lipinski definition) is 2. The van der Waals surface area contributed by atoms with Gasteiger partial charge in [0.2, 0.25) is 0 Å². The molecule has 0 amide bonds. The number of H-pyrrole nitrogens is 1. The SMILES string of the molecule is COc1cc(C)cc2c(=O)[nH]c(-c3ccc(O)cc3)cc12. The Kier molecular flexibility index (Phi) is 3.14. The summed E-state index contributed by atoms with van der Waals surface area (Å²) in [6.45, 7) is 1.93. The van der Waals surface area contributed by atoms with E-state index in [4.69, 9.17) is 4.74 Å². The Hall–Kier alpha value is -2.75. The Labute approximate surface area is 121 Å². The van der Waals surface area contributed by atoms with Crippen molar-refractivity contribution in [2.75, 3.05) is 7.11 Å². The van der Waals surface area contributed by atoms with Crippen LogP contribution < -0.4 is 10.3 Å². The molecule has 2 N–H and O–H groups in total. The number of aromatic amines is 1. The molecule has 0 aliphatic heterocycles. The largest absolute Gasteiger partial charge is 0.508 e. The van der Waals surface area contributed by atoms with E-state index in [1.54, 1.807) is 31.4 Å². The molecular formula is C17H15NO3. The van der Waals surface area contributed by atoms with E-state index in [-0.39, 0.29) is 11.3 Å². The molecule has 3 rings (SSSR count). The molecule has 106 valence electrons. The Balaban J connectivity index is 2.29. The average Bonchev–Trinajstić information content (AvgIpc) is 2.48. The van der Waals surface area contributed by atoms with E-state index in [0.29, 0.717) is 16.8 Å². The lowest BCUT2D eigenvalue weighted by Gasteiger charge is -2.09. The highest BCUT2D eigenvalue weighted by atomic mass is 16.5. The van der Waals surface area contributed by atoms with E-state index in [1.165, 1.54) is 0 Å². The summed E-state index contributed by atoms with van der Waals surface area (Å²) in [5, 5.41) is 10.7. The Bertz CT molecular complexity index is 864. The summed E-state index contributed by atoms with van der Waals surface area (Å²) in [7, 11) is 1.59. The van der Waals surface area contributed by atoms with Gasteiger partial charge in [0, 0.05) is 11.1 Å². The summed E-state index contributed by atoms with van der Waals surface area (Å²) >= 11 is 0. The molecular weight excluding hydrogens is 266 g/mol. The number of aromatic nitrogens is 1. The third kappa shape index (κ3) is 2.36. The number of fused-ring (bicyclic) bond motifs is 1. The van der Waals surface area contributed by atoms with Gasteiger partial charge in [0.05, 0.1) is 12.5 Å². The van der Waals surface area contributed by atoms with E-state index in [1.807, 2.05) is 25.1 Å². The smallest absolute Gasteiger partial charge is 0.256 e. The quantitative estimate of drug-likeness (QED) is 0.758. The number of phenols is 1. The average molecular weight is 281 g/mol. The highest BCUT2D eigenvalue weighted by Gasteiger charge is 2.09. The third-order valence-electron chi connectivity index (χ3n) is 3.47. The number of hydrogen-bond acceptors (Lipinski definition) is 3. The van der Waals surface area contributed by atoms with Crippen molar-refractivity contribution in [3.05, 3.63) is 58.4 Å². The molecule has 0 bridgehead atoms. The van der Waals surface area contributed by atoms with Crippen LogP contribution in [0, 0.1) is 6.92 Å². The minimum atomic E-state index is -0.155. The lowest BCUT2D eigenvalue weighted by molar-refractivity contribution is 0.419. The van der Waals surface area contributed by atoms with Gasteiger partial charge in [0.25, 0.3) is 5.56 Å². The van der Waals surface area contributed by atoms with Crippen LogP contribution in [-0.2, 0) is 0 Å². The number of aromatic hydroxyl groups is 1. The summed E-state index contributed by atoms with van der Waals surface area (Å²) in [5.41, 5.74) is 2.34. The predicted molar refractivity (Wildman–Crippen MR) is 83.0 cm³/mol. The van der Waals surface area contributed by atoms with Crippen molar-refractivity contribution in [1.82, 2.24) is 4.98 Å². The first-order chi connectivity index (χ1) is 10.1. The minimum absolute atomic E-state index is 0.155. The summed E-state index contributed by atoms with van der Waals surface area (Å²) in [6.07, 6.45) is 0. The lowest BCUT2D eigenvalue weighted by Crippen LogP contribution is -2.08. The van der Waals surface area contributed by atoms with E-state index in [0.717, 1.165) is 16.5 Å². The summed E-state index contributed by atoms with van der Waals surface area (Å²) in [5.74, 6) is 0.867. The van der Waals surface area contributed by atoms with Crippen molar-refractivity contribution in [2.24, 2.45) is 0 Å².